The Morgan fingerprint density at radius 2 is 1.07 bits per heavy atom. The number of phenolic OH excluding ortho intramolecular Hbond substituents is 2. The fourth-order valence-corrected chi connectivity index (χ4v) is 6.14. The van der Waals surface area contributed by atoms with E-state index in [4.69, 9.17) is 0 Å². The van der Waals surface area contributed by atoms with E-state index in [0.717, 1.165) is 11.5 Å². The predicted molar refractivity (Wildman–Crippen MR) is 114 cm³/mol. The zero-order valence-electron chi connectivity index (χ0n) is 16.0. The Labute approximate surface area is 167 Å². The van der Waals surface area contributed by atoms with Gasteiger partial charge >= 0.3 is 0 Å². The molecule has 144 valence electrons. The highest BCUT2D eigenvalue weighted by molar-refractivity contribution is 7.97. The summed E-state index contributed by atoms with van der Waals surface area (Å²) in [6, 6.07) is 12.0. The van der Waals surface area contributed by atoms with Crippen LogP contribution in [0, 0.1) is 0 Å². The average molecular weight is 383 g/mol. The molecule has 2 aromatic rings. The molecule has 0 atom stereocenters. The maximum atomic E-state index is 10.4. The number of thioether (sulfide) groups is 1. The van der Waals surface area contributed by atoms with Gasteiger partial charge in [-0.2, -0.15) is 11.8 Å². The highest BCUT2D eigenvalue weighted by Crippen LogP contribution is 2.43. The first-order valence-corrected chi connectivity index (χ1v) is 11.6. The van der Waals surface area contributed by atoms with Crippen LogP contribution in [0.1, 0.15) is 85.5 Å². The van der Waals surface area contributed by atoms with Crippen molar-refractivity contribution in [3.05, 3.63) is 58.7 Å². The van der Waals surface area contributed by atoms with E-state index in [-0.39, 0.29) is 0 Å². The predicted octanol–water partition coefficient (Wildman–Crippen LogP) is 6.85. The molecule has 4 rings (SSSR count). The molecule has 2 nitrogen and oxygen atoms in total. The molecule has 0 aromatic heterocycles. The van der Waals surface area contributed by atoms with Crippen molar-refractivity contribution in [1.29, 1.82) is 0 Å². The molecule has 2 aliphatic carbocycles. The summed E-state index contributed by atoms with van der Waals surface area (Å²) < 4.78 is 0. The molecule has 27 heavy (non-hydrogen) atoms. The molecule has 0 bridgehead atoms. The zero-order valence-corrected chi connectivity index (χ0v) is 16.8. The third-order valence-corrected chi connectivity index (χ3v) is 7.42. The van der Waals surface area contributed by atoms with E-state index < -0.39 is 0 Å². The molecular weight excluding hydrogens is 352 g/mol. The summed E-state index contributed by atoms with van der Waals surface area (Å²) in [7, 11) is 0. The summed E-state index contributed by atoms with van der Waals surface area (Å²) in [5, 5.41) is 20.9. The molecule has 2 fully saturated rings. The highest BCUT2D eigenvalue weighted by Gasteiger charge is 2.24. The number of benzene rings is 2. The van der Waals surface area contributed by atoms with E-state index in [9.17, 15) is 10.2 Å². The van der Waals surface area contributed by atoms with E-state index in [2.05, 4.69) is 12.1 Å². The number of rotatable bonds is 6. The Morgan fingerprint density at radius 1 is 0.667 bits per heavy atom. The van der Waals surface area contributed by atoms with Crippen molar-refractivity contribution in [3.63, 3.8) is 0 Å². The van der Waals surface area contributed by atoms with Crippen LogP contribution in [0.3, 0.4) is 0 Å². The lowest BCUT2D eigenvalue weighted by molar-refractivity contribution is 0.459. The van der Waals surface area contributed by atoms with Gasteiger partial charge in [-0.1, -0.05) is 49.9 Å². The van der Waals surface area contributed by atoms with Gasteiger partial charge in [0.15, 0.2) is 0 Å². The standard InChI is InChI=1S/C24H30O2S/c25-21-13-5-11-19(23(21)17-7-1-2-8-17)15-27-16-20-12-6-14-22(26)24(20)18-9-3-4-10-18/h5-6,11-14,17-18,25-26H,1-4,7-10,15-16H2. The Kier molecular flexibility index (Phi) is 5.97. The van der Waals surface area contributed by atoms with Gasteiger partial charge in [0.2, 0.25) is 0 Å². The monoisotopic (exact) mass is 382 g/mol. The first-order chi connectivity index (χ1) is 13.2. The summed E-state index contributed by atoms with van der Waals surface area (Å²) in [6.07, 6.45) is 9.92. The van der Waals surface area contributed by atoms with Crippen molar-refractivity contribution in [2.24, 2.45) is 0 Å². The lowest BCUT2D eigenvalue weighted by Gasteiger charge is -2.19. The first-order valence-electron chi connectivity index (χ1n) is 10.4. The molecule has 2 aromatic carbocycles. The third kappa shape index (κ3) is 4.13. The second-order valence-corrected chi connectivity index (χ2v) is 9.14. The van der Waals surface area contributed by atoms with Crippen molar-refractivity contribution in [2.45, 2.75) is 74.7 Å². The zero-order chi connectivity index (χ0) is 18.6. The van der Waals surface area contributed by atoms with Crippen LogP contribution in [-0.2, 0) is 11.5 Å². The van der Waals surface area contributed by atoms with Crippen LogP contribution in [0.15, 0.2) is 36.4 Å². The molecule has 0 unspecified atom stereocenters. The molecule has 0 aliphatic heterocycles. The summed E-state index contributed by atoms with van der Waals surface area (Å²) in [5.74, 6) is 3.83. The minimum absolute atomic E-state index is 0.476. The Balaban J connectivity index is 1.48. The molecule has 0 spiro atoms. The van der Waals surface area contributed by atoms with Gasteiger partial charge < -0.3 is 10.2 Å². The number of hydrogen-bond donors (Lipinski definition) is 2. The Bertz CT molecular complexity index is 708. The molecule has 2 aliphatic rings. The largest absolute Gasteiger partial charge is 0.508 e. The third-order valence-electron chi connectivity index (χ3n) is 6.39. The molecule has 0 saturated heterocycles. The molecule has 2 N–H and O–H groups in total. The Hall–Kier alpha value is -1.61. The minimum atomic E-state index is 0.476. The van der Waals surface area contributed by atoms with Crippen LogP contribution >= 0.6 is 11.8 Å². The van der Waals surface area contributed by atoms with Crippen LogP contribution in [0.5, 0.6) is 11.5 Å². The molecule has 0 heterocycles. The van der Waals surface area contributed by atoms with Crippen molar-refractivity contribution in [3.8, 4) is 11.5 Å². The van der Waals surface area contributed by atoms with Gasteiger partial charge in [-0.05, 0) is 60.8 Å². The van der Waals surface area contributed by atoms with Gasteiger partial charge in [0.05, 0.1) is 0 Å². The van der Waals surface area contributed by atoms with Gasteiger partial charge in [0, 0.05) is 22.6 Å². The lowest BCUT2D eigenvalue weighted by Crippen LogP contribution is -2.01. The van der Waals surface area contributed by atoms with E-state index in [0.29, 0.717) is 23.3 Å². The van der Waals surface area contributed by atoms with E-state index >= 15 is 0 Å². The van der Waals surface area contributed by atoms with Crippen LogP contribution in [0.2, 0.25) is 0 Å². The number of hydrogen-bond acceptors (Lipinski definition) is 3. The fourth-order valence-electron chi connectivity index (χ4n) is 5.09. The average Bonchev–Trinajstić information content (AvgIpc) is 3.36. The first kappa shape index (κ1) is 18.7. The van der Waals surface area contributed by atoms with Crippen LogP contribution in [0.4, 0.5) is 0 Å². The normalized spacial score (nSPS) is 18.4. The Morgan fingerprint density at radius 3 is 1.48 bits per heavy atom. The van der Waals surface area contributed by atoms with Crippen molar-refractivity contribution < 1.29 is 10.2 Å². The lowest BCUT2D eigenvalue weighted by atomic mass is 9.92. The molecule has 2 saturated carbocycles. The minimum Gasteiger partial charge on any atom is -0.508 e. The summed E-state index contributed by atoms with van der Waals surface area (Å²) >= 11 is 1.90. The maximum absolute atomic E-state index is 10.4. The van der Waals surface area contributed by atoms with E-state index in [1.807, 2.05) is 36.0 Å². The SMILES string of the molecule is Oc1cccc(CSCc2cccc(O)c2C2CCCC2)c1C1CCCC1. The quantitative estimate of drug-likeness (QED) is 0.574. The van der Waals surface area contributed by atoms with Gasteiger partial charge in [0.25, 0.3) is 0 Å². The fraction of sp³-hybridized carbons (Fsp3) is 0.500. The highest BCUT2D eigenvalue weighted by atomic mass is 32.2. The summed E-state index contributed by atoms with van der Waals surface area (Å²) in [5.41, 5.74) is 4.95. The molecule has 3 heteroatoms. The van der Waals surface area contributed by atoms with Crippen LogP contribution < -0.4 is 0 Å². The van der Waals surface area contributed by atoms with Crippen molar-refractivity contribution in [2.75, 3.05) is 0 Å². The topological polar surface area (TPSA) is 40.5 Å². The molecular formula is C24H30O2S. The van der Waals surface area contributed by atoms with Gasteiger partial charge in [-0.25, -0.2) is 0 Å². The van der Waals surface area contributed by atoms with Gasteiger partial charge in [-0.3, -0.25) is 0 Å². The number of aromatic hydroxyl groups is 2. The van der Waals surface area contributed by atoms with Gasteiger partial charge in [0.1, 0.15) is 11.5 Å². The van der Waals surface area contributed by atoms with Crippen molar-refractivity contribution in [1.82, 2.24) is 0 Å². The second kappa shape index (κ2) is 8.60. The maximum Gasteiger partial charge on any atom is 0.119 e. The van der Waals surface area contributed by atoms with Crippen LogP contribution in [0.25, 0.3) is 0 Å². The van der Waals surface area contributed by atoms with Crippen LogP contribution in [-0.4, -0.2) is 10.2 Å². The van der Waals surface area contributed by atoms with E-state index in [1.165, 1.54) is 73.6 Å². The summed E-state index contributed by atoms with van der Waals surface area (Å²) in [4.78, 5) is 0. The smallest absolute Gasteiger partial charge is 0.119 e. The molecule has 0 amide bonds. The second-order valence-electron chi connectivity index (χ2n) is 8.16. The van der Waals surface area contributed by atoms with Gasteiger partial charge in [-0.15, -0.1) is 0 Å². The van der Waals surface area contributed by atoms with E-state index in [1.54, 1.807) is 0 Å². The summed E-state index contributed by atoms with van der Waals surface area (Å²) in [6.45, 7) is 0. The van der Waals surface area contributed by atoms with Crippen molar-refractivity contribution >= 4 is 11.8 Å². The number of phenols is 2. The molecule has 0 radical (unpaired) electrons.